The molecule has 2 aromatic rings. The normalized spacial score (nSPS) is 14.7. The van der Waals surface area contributed by atoms with Gasteiger partial charge in [0.1, 0.15) is 11.6 Å². The summed E-state index contributed by atoms with van der Waals surface area (Å²) in [5.41, 5.74) is 0. The molecule has 0 bridgehead atoms. The van der Waals surface area contributed by atoms with Gasteiger partial charge in [0, 0.05) is 38.6 Å². The first-order valence-corrected chi connectivity index (χ1v) is 7.29. The Balaban J connectivity index is 1.48. The topological polar surface area (TPSA) is 58.6 Å². The molecule has 1 fully saturated rings. The Hall–Kier alpha value is -2.63. The van der Waals surface area contributed by atoms with E-state index in [-0.39, 0.29) is 12.5 Å². The van der Waals surface area contributed by atoms with Crippen molar-refractivity contribution >= 4 is 11.7 Å². The third-order valence-corrected chi connectivity index (χ3v) is 3.61. The molecule has 22 heavy (non-hydrogen) atoms. The van der Waals surface area contributed by atoms with Crippen LogP contribution in [0.15, 0.2) is 48.9 Å². The Morgan fingerprint density at radius 1 is 1.09 bits per heavy atom. The number of aromatic nitrogens is 2. The molecule has 1 aliphatic heterocycles. The Bertz CT molecular complexity index is 598. The van der Waals surface area contributed by atoms with Crippen molar-refractivity contribution in [3.05, 3.63) is 48.9 Å². The third-order valence-electron chi connectivity index (χ3n) is 3.61. The SMILES string of the molecule is O=C(COc1ccccc1)N1CCN(c2cnccn2)CC1. The quantitative estimate of drug-likeness (QED) is 0.849. The van der Waals surface area contributed by atoms with Gasteiger partial charge in [0.25, 0.3) is 5.91 Å². The van der Waals surface area contributed by atoms with E-state index in [1.165, 1.54) is 0 Å². The van der Waals surface area contributed by atoms with Crippen LogP contribution >= 0.6 is 0 Å². The Morgan fingerprint density at radius 3 is 2.55 bits per heavy atom. The van der Waals surface area contributed by atoms with Crippen molar-refractivity contribution in [2.45, 2.75) is 0 Å². The van der Waals surface area contributed by atoms with Crippen LogP contribution in [-0.2, 0) is 4.79 Å². The van der Waals surface area contributed by atoms with Crippen LogP contribution in [0.2, 0.25) is 0 Å². The minimum absolute atomic E-state index is 0.0163. The molecule has 0 atom stereocenters. The van der Waals surface area contributed by atoms with Crippen molar-refractivity contribution < 1.29 is 9.53 Å². The summed E-state index contributed by atoms with van der Waals surface area (Å²) >= 11 is 0. The number of piperazine rings is 1. The lowest BCUT2D eigenvalue weighted by molar-refractivity contribution is -0.133. The second kappa shape index (κ2) is 6.89. The van der Waals surface area contributed by atoms with Crippen molar-refractivity contribution in [3.63, 3.8) is 0 Å². The van der Waals surface area contributed by atoms with Crippen LogP contribution in [0.3, 0.4) is 0 Å². The smallest absolute Gasteiger partial charge is 0.260 e. The molecular formula is C16H18N4O2. The van der Waals surface area contributed by atoms with Crippen LogP contribution < -0.4 is 9.64 Å². The van der Waals surface area contributed by atoms with Gasteiger partial charge in [-0.25, -0.2) is 4.98 Å². The average Bonchev–Trinajstić information content (AvgIpc) is 2.61. The molecule has 0 radical (unpaired) electrons. The number of ether oxygens (including phenoxy) is 1. The largest absolute Gasteiger partial charge is 0.484 e. The summed E-state index contributed by atoms with van der Waals surface area (Å²) in [5.74, 6) is 1.59. The van der Waals surface area contributed by atoms with E-state index in [1.54, 1.807) is 18.6 Å². The minimum Gasteiger partial charge on any atom is -0.484 e. The van der Waals surface area contributed by atoms with Gasteiger partial charge in [-0.05, 0) is 12.1 Å². The fourth-order valence-corrected chi connectivity index (χ4v) is 2.39. The number of carbonyl (C=O) groups excluding carboxylic acids is 1. The van der Waals surface area contributed by atoms with Gasteiger partial charge < -0.3 is 14.5 Å². The summed E-state index contributed by atoms with van der Waals surface area (Å²) in [5, 5.41) is 0. The summed E-state index contributed by atoms with van der Waals surface area (Å²) in [6.45, 7) is 2.95. The highest BCUT2D eigenvalue weighted by atomic mass is 16.5. The van der Waals surface area contributed by atoms with Gasteiger partial charge in [-0.2, -0.15) is 0 Å². The molecule has 0 spiro atoms. The molecule has 3 rings (SSSR count). The monoisotopic (exact) mass is 298 g/mol. The molecule has 1 aromatic heterocycles. The van der Waals surface area contributed by atoms with E-state index in [4.69, 9.17) is 4.74 Å². The van der Waals surface area contributed by atoms with Gasteiger partial charge in [0.2, 0.25) is 0 Å². The lowest BCUT2D eigenvalue weighted by atomic mass is 10.3. The van der Waals surface area contributed by atoms with Crippen molar-refractivity contribution in [2.24, 2.45) is 0 Å². The van der Waals surface area contributed by atoms with Gasteiger partial charge in [0.05, 0.1) is 6.20 Å². The second-order valence-electron chi connectivity index (χ2n) is 5.03. The molecule has 0 unspecified atom stereocenters. The summed E-state index contributed by atoms with van der Waals surface area (Å²) in [6, 6.07) is 9.39. The molecule has 0 saturated carbocycles. The maximum absolute atomic E-state index is 12.2. The molecule has 0 aliphatic carbocycles. The van der Waals surface area contributed by atoms with Crippen LogP contribution in [0, 0.1) is 0 Å². The van der Waals surface area contributed by atoms with Gasteiger partial charge in [0.15, 0.2) is 6.61 Å². The molecule has 1 aliphatic rings. The molecule has 6 heteroatoms. The van der Waals surface area contributed by atoms with Gasteiger partial charge >= 0.3 is 0 Å². The summed E-state index contributed by atoms with van der Waals surface area (Å²) in [4.78, 5) is 24.5. The van der Waals surface area contributed by atoms with E-state index in [2.05, 4.69) is 14.9 Å². The first-order valence-electron chi connectivity index (χ1n) is 7.29. The minimum atomic E-state index is 0.0163. The van der Waals surface area contributed by atoms with Gasteiger partial charge in [-0.3, -0.25) is 9.78 Å². The fourth-order valence-electron chi connectivity index (χ4n) is 2.39. The first-order chi connectivity index (χ1) is 10.8. The zero-order chi connectivity index (χ0) is 15.2. The van der Waals surface area contributed by atoms with Crippen molar-refractivity contribution in [1.29, 1.82) is 0 Å². The maximum Gasteiger partial charge on any atom is 0.260 e. The fraction of sp³-hybridized carbons (Fsp3) is 0.312. The third kappa shape index (κ3) is 3.52. The van der Waals surface area contributed by atoms with Crippen molar-refractivity contribution in [3.8, 4) is 5.75 Å². The van der Waals surface area contributed by atoms with Gasteiger partial charge in [-0.15, -0.1) is 0 Å². The molecule has 6 nitrogen and oxygen atoms in total. The summed E-state index contributed by atoms with van der Waals surface area (Å²) < 4.78 is 5.51. The van der Waals surface area contributed by atoms with Crippen LogP contribution in [0.1, 0.15) is 0 Å². The number of hydrogen-bond acceptors (Lipinski definition) is 5. The van der Waals surface area contributed by atoms with E-state index < -0.39 is 0 Å². The van der Waals surface area contributed by atoms with Gasteiger partial charge in [-0.1, -0.05) is 18.2 Å². The molecular weight excluding hydrogens is 280 g/mol. The van der Waals surface area contributed by atoms with E-state index in [0.29, 0.717) is 18.8 Å². The Morgan fingerprint density at radius 2 is 1.86 bits per heavy atom. The standard InChI is InChI=1S/C16H18N4O2/c21-16(13-22-14-4-2-1-3-5-14)20-10-8-19(9-11-20)15-12-17-6-7-18-15/h1-7,12H,8-11,13H2. The predicted molar refractivity (Wildman–Crippen MR) is 82.8 cm³/mol. The number of nitrogens with zero attached hydrogens (tertiary/aromatic N) is 4. The number of para-hydroxylation sites is 1. The Kier molecular flexibility index (Phi) is 4.48. The number of amides is 1. The van der Waals surface area contributed by atoms with Crippen LogP contribution in [0.25, 0.3) is 0 Å². The number of anilines is 1. The molecule has 0 N–H and O–H groups in total. The van der Waals surface area contributed by atoms with E-state index >= 15 is 0 Å². The highest BCUT2D eigenvalue weighted by Crippen LogP contribution is 2.12. The molecule has 1 saturated heterocycles. The number of carbonyl (C=O) groups is 1. The number of hydrogen-bond donors (Lipinski definition) is 0. The van der Waals surface area contributed by atoms with Crippen molar-refractivity contribution in [2.75, 3.05) is 37.7 Å². The maximum atomic E-state index is 12.2. The number of rotatable bonds is 4. The molecule has 1 aromatic carbocycles. The van der Waals surface area contributed by atoms with E-state index in [9.17, 15) is 4.79 Å². The highest BCUT2D eigenvalue weighted by Gasteiger charge is 2.22. The second-order valence-corrected chi connectivity index (χ2v) is 5.03. The Labute approximate surface area is 129 Å². The van der Waals surface area contributed by atoms with Crippen molar-refractivity contribution in [1.82, 2.24) is 14.9 Å². The summed E-state index contributed by atoms with van der Waals surface area (Å²) in [7, 11) is 0. The summed E-state index contributed by atoms with van der Waals surface area (Å²) in [6.07, 6.45) is 5.08. The molecule has 2 heterocycles. The lowest BCUT2D eigenvalue weighted by Crippen LogP contribution is -2.50. The van der Waals surface area contributed by atoms with Crippen LogP contribution in [-0.4, -0.2) is 53.6 Å². The van der Waals surface area contributed by atoms with Crippen LogP contribution in [0.4, 0.5) is 5.82 Å². The zero-order valence-electron chi connectivity index (χ0n) is 12.3. The number of benzene rings is 1. The zero-order valence-corrected chi connectivity index (χ0v) is 12.3. The van der Waals surface area contributed by atoms with E-state index in [0.717, 1.165) is 18.9 Å². The molecule has 114 valence electrons. The predicted octanol–water partition coefficient (Wildman–Crippen LogP) is 1.20. The lowest BCUT2D eigenvalue weighted by Gasteiger charge is -2.35. The first kappa shape index (κ1) is 14.3. The highest BCUT2D eigenvalue weighted by molar-refractivity contribution is 5.78. The van der Waals surface area contributed by atoms with Crippen LogP contribution in [0.5, 0.6) is 5.75 Å². The molecule has 1 amide bonds. The van der Waals surface area contributed by atoms with E-state index in [1.807, 2.05) is 35.2 Å². The average molecular weight is 298 g/mol.